The summed E-state index contributed by atoms with van der Waals surface area (Å²) in [4.78, 5) is 17.6. The number of hydrogen-bond donors (Lipinski definition) is 0. The van der Waals surface area contributed by atoms with Gasteiger partial charge in [0.2, 0.25) is 0 Å². The Morgan fingerprint density at radius 3 is 2.62 bits per heavy atom. The predicted octanol–water partition coefficient (Wildman–Crippen LogP) is 4.49. The first-order chi connectivity index (χ1) is 12.7. The van der Waals surface area contributed by atoms with E-state index >= 15 is 0 Å². The second kappa shape index (κ2) is 6.58. The van der Waals surface area contributed by atoms with Crippen molar-refractivity contribution in [3.05, 3.63) is 76.6 Å². The molecule has 4 aromatic rings. The molecule has 0 radical (unpaired) electrons. The van der Waals surface area contributed by atoms with Gasteiger partial charge in [-0.05, 0) is 42.6 Å². The molecule has 126 valence electrons. The normalized spacial score (nSPS) is 11.8. The summed E-state index contributed by atoms with van der Waals surface area (Å²) < 4.78 is 3.20. The molecule has 0 saturated carbocycles. The predicted molar refractivity (Wildman–Crippen MR) is 104 cm³/mol. The molecule has 0 atom stereocenters. The number of benzene rings is 3. The van der Waals surface area contributed by atoms with Gasteiger partial charge in [0.05, 0.1) is 21.8 Å². The molecule has 1 heterocycles. The molecule has 5 heteroatoms. The van der Waals surface area contributed by atoms with Crippen LogP contribution in [0.15, 0.2) is 65.7 Å². The van der Waals surface area contributed by atoms with Crippen LogP contribution in [0.25, 0.3) is 21.0 Å². The number of fused-ring (bicyclic) bond motifs is 3. The molecule has 0 aliphatic carbocycles. The molecule has 0 unspecified atom stereocenters. The third-order valence-corrected chi connectivity index (χ3v) is 5.48. The summed E-state index contributed by atoms with van der Waals surface area (Å²) in [6, 6.07) is 21.0. The van der Waals surface area contributed by atoms with Crippen LogP contribution in [0.5, 0.6) is 0 Å². The smallest absolute Gasteiger partial charge is 0.279 e. The fraction of sp³-hybridized carbons (Fsp3) is 0.0952. The van der Waals surface area contributed by atoms with Gasteiger partial charge in [0, 0.05) is 17.5 Å². The van der Waals surface area contributed by atoms with E-state index in [1.165, 1.54) is 22.1 Å². The molecule has 0 bridgehead atoms. The number of hydrogen-bond acceptors (Lipinski definition) is 3. The van der Waals surface area contributed by atoms with Crippen LogP contribution in [0.1, 0.15) is 22.8 Å². The minimum atomic E-state index is -0.299. The minimum absolute atomic E-state index is 0.299. The molecule has 0 aliphatic heterocycles. The lowest BCUT2D eigenvalue weighted by Crippen LogP contribution is -2.15. The van der Waals surface area contributed by atoms with Gasteiger partial charge >= 0.3 is 0 Å². The maximum absolute atomic E-state index is 12.6. The quantitative estimate of drug-likeness (QED) is 0.531. The number of nitrogens with zero attached hydrogens (tertiary/aromatic N) is 3. The van der Waals surface area contributed by atoms with Crippen LogP contribution in [0, 0.1) is 11.3 Å². The van der Waals surface area contributed by atoms with Crippen molar-refractivity contribution in [3.8, 4) is 6.07 Å². The lowest BCUT2D eigenvalue weighted by atomic mass is 10.1. The number of nitriles is 1. The van der Waals surface area contributed by atoms with Crippen molar-refractivity contribution >= 4 is 38.2 Å². The zero-order valence-corrected chi connectivity index (χ0v) is 15.0. The number of aromatic nitrogens is 1. The van der Waals surface area contributed by atoms with Crippen LogP contribution >= 0.6 is 11.3 Å². The zero-order chi connectivity index (χ0) is 18.1. The van der Waals surface area contributed by atoms with E-state index in [-0.39, 0.29) is 5.91 Å². The topological polar surface area (TPSA) is 58.1 Å². The highest BCUT2D eigenvalue weighted by molar-refractivity contribution is 7.17. The van der Waals surface area contributed by atoms with Crippen molar-refractivity contribution in [3.63, 3.8) is 0 Å². The van der Waals surface area contributed by atoms with Gasteiger partial charge in [0.25, 0.3) is 5.91 Å². The summed E-state index contributed by atoms with van der Waals surface area (Å²) in [5, 5.41) is 11.2. The Bertz CT molecular complexity index is 1240. The summed E-state index contributed by atoms with van der Waals surface area (Å²) in [6.07, 6.45) is 0. The molecule has 1 amide bonds. The van der Waals surface area contributed by atoms with E-state index in [0.717, 1.165) is 16.8 Å². The van der Waals surface area contributed by atoms with Gasteiger partial charge in [-0.2, -0.15) is 10.3 Å². The van der Waals surface area contributed by atoms with Gasteiger partial charge in [0.1, 0.15) is 0 Å². The fourth-order valence-corrected chi connectivity index (χ4v) is 4.26. The van der Waals surface area contributed by atoms with Gasteiger partial charge in [-0.15, -0.1) is 0 Å². The van der Waals surface area contributed by atoms with Crippen molar-refractivity contribution in [1.29, 1.82) is 5.26 Å². The third kappa shape index (κ3) is 2.71. The average Bonchev–Trinajstić information content (AvgIpc) is 3.05. The van der Waals surface area contributed by atoms with Crippen LogP contribution in [0.4, 0.5) is 0 Å². The standard InChI is InChI=1S/C21H15N3OS/c1-2-24-18-12-11-15-5-3-4-6-17(15)19(18)26-21(24)23-20(25)16-9-7-14(13-22)8-10-16/h3-12H,2H2,1H3. The van der Waals surface area contributed by atoms with Crippen LogP contribution in [-0.4, -0.2) is 10.5 Å². The highest BCUT2D eigenvalue weighted by Gasteiger charge is 2.10. The van der Waals surface area contributed by atoms with E-state index in [0.29, 0.717) is 15.9 Å². The molecule has 0 spiro atoms. The summed E-state index contributed by atoms with van der Waals surface area (Å²) in [5.74, 6) is -0.299. The molecule has 0 fully saturated rings. The molecule has 4 nitrogen and oxygen atoms in total. The van der Waals surface area contributed by atoms with Gasteiger partial charge < -0.3 is 4.57 Å². The van der Waals surface area contributed by atoms with Gasteiger partial charge in [-0.3, -0.25) is 4.79 Å². The van der Waals surface area contributed by atoms with E-state index in [1.54, 1.807) is 24.3 Å². The molecule has 26 heavy (non-hydrogen) atoms. The van der Waals surface area contributed by atoms with Gasteiger partial charge in [0.15, 0.2) is 4.80 Å². The zero-order valence-electron chi connectivity index (χ0n) is 14.1. The SMILES string of the molecule is CCn1c(=NC(=O)c2ccc(C#N)cc2)sc2c3ccccc3ccc21. The maximum atomic E-state index is 12.6. The Balaban J connectivity index is 1.89. The molecular weight excluding hydrogens is 342 g/mol. The number of carbonyl (C=O) groups excluding carboxylic acids is 1. The minimum Gasteiger partial charge on any atom is -0.317 e. The molecule has 0 N–H and O–H groups in total. The summed E-state index contributed by atoms with van der Waals surface area (Å²) in [5.41, 5.74) is 2.09. The maximum Gasteiger partial charge on any atom is 0.279 e. The van der Waals surface area contributed by atoms with Gasteiger partial charge in [-0.25, -0.2) is 0 Å². The fourth-order valence-electron chi connectivity index (χ4n) is 3.03. The van der Waals surface area contributed by atoms with Crippen LogP contribution in [0.3, 0.4) is 0 Å². The average molecular weight is 357 g/mol. The first-order valence-electron chi connectivity index (χ1n) is 8.31. The monoisotopic (exact) mass is 357 g/mol. The summed E-state index contributed by atoms with van der Waals surface area (Å²) in [6.45, 7) is 2.78. The molecule has 0 aliphatic rings. The van der Waals surface area contributed by atoms with Crippen LogP contribution in [0.2, 0.25) is 0 Å². The first-order valence-corrected chi connectivity index (χ1v) is 9.13. The third-order valence-electron chi connectivity index (χ3n) is 4.35. The largest absolute Gasteiger partial charge is 0.317 e. The van der Waals surface area contributed by atoms with Gasteiger partial charge in [-0.1, -0.05) is 41.7 Å². The van der Waals surface area contributed by atoms with Crippen molar-refractivity contribution < 1.29 is 4.79 Å². The Labute approximate surface area is 154 Å². The van der Waals surface area contributed by atoms with E-state index in [4.69, 9.17) is 5.26 Å². The highest BCUT2D eigenvalue weighted by atomic mass is 32.1. The number of aryl methyl sites for hydroxylation is 1. The van der Waals surface area contributed by atoms with Crippen LogP contribution in [-0.2, 0) is 6.54 Å². The van der Waals surface area contributed by atoms with Crippen molar-refractivity contribution in [2.24, 2.45) is 4.99 Å². The van der Waals surface area contributed by atoms with Crippen LogP contribution < -0.4 is 4.80 Å². The molecule has 1 aromatic heterocycles. The number of rotatable bonds is 2. The number of thiazole rings is 1. The Kier molecular flexibility index (Phi) is 4.11. The summed E-state index contributed by atoms with van der Waals surface area (Å²) >= 11 is 1.53. The van der Waals surface area contributed by atoms with Crippen molar-refractivity contribution in [2.75, 3.05) is 0 Å². The highest BCUT2D eigenvalue weighted by Crippen LogP contribution is 2.27. The number of carbonyl (C=O) groups is 1. The van der Waals surface area contributed by atoms with E-state index < -0.39 is 0 Å². The lowest BCUT2D eigenvalue weighted by Gasteiger charge is -2.02. The molecule has 4 rings (SSSR count). The second-order valence-corrected chi connectivity index (χ2v) is 6.85. The Morgan fingerprint density at radius 2 is 1.88 bits per heavy atom. The van der Waals surface area contributed by atoms with E-state index in [1.807, 2.05) is 19.1 Å². The lowest BCUT2D eigenvalue weighted by molar-refractivity contribution is 0.0998. The Morgan fingerprint density at radius 1 is 1.12 bits per heavy atom. The molecule has 3 aromatic carbocycles. The first kappa shape index (κ1) is 16.2. The van der Waals surface area contributed by atoms with Crippen molar-refractivity contribution in [1.82, 2.24) is 4.57 Å². The number of amides is 1. The van der Waals surface area contributed by atoms with E-state index in [9.17, 15) is 4.79 Å². The molecule has 0 saturated heterocycles. The Hall–Kier alpha value is -3.23. The summed E-state index contributed by atoms with van der Waals surface area (Å²) in [7, 11) is 0. The molecular formula is C21H15N3OS. The van der Waals surface area contributed by atoms with E-state index in [2.05, 4.69) is 39.9 Å². The second-order valence-electron chi connectivity index (χ2n) is 5.87. The van der Waals surface area contributed by atoms with Crippen molar-refractivity contribution in [2.45, 2.75) is 13.5 Å².